The fraction of sp³-hybridized carbons (Fsp3) is 1.00. The molecule has 0 saturated carbocycles. The molecule has 0 amide bonds. The number of rotatable bonds is 6. The number of hydrogen-bond donors (Lipinski definition) is 2. The Hall–Kier alpha value is 1.03. The monoisotopic (exact) mass is 354 g/mol. The Kier molecular flexibility index (Phi) is 7.87. The molecule has 14 heavy (non-hydrogen) atoms. The van der Waals surface area contributed by atoms with Crippen molar-refractivity contribution in [2.24, 2.45) is 0 Å². The van der Waals surface area contributed by atoms with Crippen LogP contribution < -0.4 is 0 Å². The van der Waals surface area contributed by atoms with Gasteiger partial charge in [0.25, 0.3) is 0 Å². The van der Waals surface area contributed by atoms with Crippen LogP contribution in [0.15, 0.2) is 0 Å². The van der Waals surface area contributed by atoms with Crippen LogP contribution in [-0.2, 0) is 13.6 Å². The molecule has 0 heterocycles. The van der Waals surface area contributed by atoms with Gasteiger partial charge in [0.1, 0.15) is 10.0 Å². The predicted octanol–water partition coefficient (Wildman–Crippen LogP) is 1.61. The second-order valence-electron chi connectivity index (χ2n) is 2.67. The quantitative estimate of drug-likeness (QED) is 0.559. The normalized spacial score (nSPS) is 20.5. The van der Waals surface area contributed by atoms with Gasteiger partial charge in [-0.25, -0.2) is 0 Å². The summed E-state index contributed by atoms with van der Waals surface area (Å²) >= 11 is 5.93. The van der Waals surface area contributed by atoms with Crippen molar-refractivity contribution in [1.82, 2.24) is 0 Å². The third-order valence-corrected chi connectivity index (χ3v) is 4.66. The molecule has 0 aliphatic heterocycles. The SMILES string of the molecule is C[C@@H](O)[C@H](Br)O[PH](=O)O[C@@H](Br)[C@@H](C)O. The highest BCUT2D eigenvalue weighted by Gasteiger charge is 2.19. The van der Waals surface area contributed by atoms with Crippen LogP contribution in [0.25, 0.3) is 0 Å². The zero-order valence-corrected chi connectivity index (χ0v) is 11.9. The van der Waals surface area contributed by atoms with Crippen molar-refractivity contribution in [3.8, 4) is 0 Å². The lowest BCUT2D eigenvalue weighted by Gasteiger charge is -2.17. The zero-order chi connectivity index (χ0) is 11.3. The molecule has 0 aromatic rings. The second kappa shape index (κ2) is 7.33. The Morgan fingerprint density at radius 3 is 1.57 bits per heavy atom. The Bertz CT molecular complexity index is 171. The number of alkyl halides is 2. The van der Waals surface area contributed by atoms with Crippen molar-refractivity contribution in [3.63, 3.8) is 0 Å². The maximum absolute atomic E-state index is 11.1. The van der Waals surface area contributed by atoms with Crippen LogP contribution in [0, 0.1) is 0 Å². The fourth-order valence-electron chi connectivity index (χ4n) is 0.409. The molecule has 0 fully saturated rings. The van der Waals surface area contributed by atoms with Gasteiger partial charge in [-0.1, -0.05) is 31.9 Å². The first-order chi connectivity index (χ1) is 6.34. The second-order valence-corrected chi connectivity index (χ2v) is 5.45. The molecule has 0 saturated heterocycles. The highest BCUT2D eigenvalue weighted by Crippen LogP contribution is 2.33. The van der Waals surface area contributed by atoms with Gasteiger partial charge in [-0.3, -0.25) is 13.6 Å². The van der Waals surface area contributed by atoms with Gasteiger partial charge in [-0.2, -0.15) is 0 Å². The first-order valence-corrected chi connectivity index (χ1v) is 6.91. The maximum atomic E-state index is 11.1. The molecule has 0 spiro atoms. The molecule has 0 aliphatic carbocycles. The van der Waals surface area contributed by atoms with Crippen molar-refractivity contribution in [1.29, 1.82) is 0 Å². The first kappa shape index (κ1) is 15.0. The van der Waals surface area contributed by atoms with E-state index >= 15 is 0 Å². The van der Waals surface area contributed by atoms with Gasteiger partial charge in [-0.15, -0.1) is 0 Å². The van der Waals surface area contributed by atoms with Gasteiger partial charge in [0.05, 0.1) is 12.2 Å². The molecular formula is C6H13Br2O5P. The molecule has 86 valence electrons. The summed E-state index contributed by atoms with van der Waals surface area (Å²) in [5.74, 6) is 0. The minimum Gasteiger partial charge on any atom is -0.390 e. The van der Waals surface area contributed by atoms with E-state index in [2.05, 4.69) is 31.9 Å². The lowest BCUT2D eigenvalue weighted by Crippen LogP contribution is -2.20. The molecule has 0 bridgehead atoms. The topological polar surface area (TPSA) is 76.0 Å². The summed E-state index contributed by atoms with van der Waals surface area (Å²) in [5.41, 5.74) is 0. The molecule has 0 aliphatic rings. The van der Waals surface area contributed by atoms with E-state index in [-0.39, 0.29) is 0 Å². The molecule has 8 heteroatoms. The summed E-state index contributed by atoms with van der Waals surface area (Å²) in [6, 6.07) is 0. The van der Waals surface area contributed by atoms with Crippen LogP contribution >= 0.6 is 40.1 Å². The van der Waals surface area contributed by atoms with E-state index < -0.39 is 30.5 Å². The largest absolute Gasteiger partial charge is 0.390 e. The van der Waals surface area contributed by atoms with Crippen LogP contribution in [0.2, 0.25) is 0 Å². The van der Waals surface area contributed by atoms with E-state index in [4.69, 9.17) is 19.3 Å². The van der Waals surface area contributed by atoms with Gasteiger partial charge in [0, 0.05) is 0 Å². The lowest BCUT2D eigenvalue weighted by molar-refractivity contribution is 0.0710. The van der Waals surface area contributed by atoms with Crippen molar-refractivity contribution in [2.75, 3.05) is 0 Å². The molecule has 2 N–H and O–H groups in total. The fourth-order valence-corrected chi connectivity index (χ4v) is 2.14. The zero-order valence-electron chi connectivity index (χ0n) is 7.68. The molecule has 4 atom stereocenters. The highest BCUT2D eigenvalue weighted by molar-refractivity contribution is 9.09. The summed E-state index contributed by atoms with van der Waals surface area (Å²) < 4.78 is 20.7. The molecule has 0 rings (SSSR count). The Balaban J connectivity index is 3.87. The minimum absolute atomic E-state index is 0.748. The molecular weight excluding hydrogens is 343 g/mol. The van der Waals surface area contributed by atoms with Crippen LogP contribution in [0.4, 0.5) is 0 Å². The van der Waals surface area contributed by atoms with Crippen LogP contribution in [0.5, 0.6) is 0 Å². The number of aliphatic hydroxyl groups excluding tert-OH is 2. The van der Waals surface area contributed by atoms with Crippen molar-refractivity contribution >= 4 is 40.1 Å². The smallest absolute Gasteiger partial charge is 0.321 e. The minimum atomic E-state index is -2.74. The standard InChI is InChI=1S/C6H13Br2O5P/c1-3(9)5(7)12-14(11)13-6(8)4(2)10/h3-6,9-10,14H,1-2H3/t3-,4-,5-,6-/m1/s1. The molecule has 0 aromatic heterocycles. The van der Waals surface area contributed by atoms with Crippen LogP contribution in [-0.4, -0.2) is 32.4 Å². The van der Waals surface area contributed by atoms with E-state index in [1.165, 1.54) is 13.8 Å². The molecule has 0 unspecified atom stereocenters. The number of hydrogen-bond acceptors (Lipinski definition) is 5. The van der Waals surface area contributed by atoms with E-state index in [1.54, 1.807) is 0 Å². The highest BCUT2D eigenvalue weighted by atomic mass is 79.9. The third-order valence-electron chi connectivity index (χ3n) is 1.18. The van der Waals surface area contributed by atoms with E-state index in [0.717, 1.165) is 0 Å². The van der Waals surface area contributed by atoms with E-state index in [0.29, 0.717) is 0 Å². The summed E-state index contributed by atoms with van der Waals surface area (Å²) in [7, 11) is -2.74. The van der Waals surface area contributed by atoms with Gasteiger partial charge in [0.15, 0.2) is 0 Å². The van der Waals surface area contributed by atoms with Gasteiger partial charge in [-0.05, 0) is 13.8 Å². The molecule has 0 radical (unpaired) electrons. The van der Waals surface area contributed by atoms with Crippen LogP contribution in [0.3, 0.4) is 0 Å². The predicted molar refractivity (Wildman–Crippen MR) is 60.0 cm³/mol. The van der Waals surface area contributed by atoms with E-state index in [1.807, 2.05) is 0 Å². The average molecular weight is 356 g/mol. The summed E-state index contributed by atoms with van der Waals surface area (Å²) in [4.78, 5) is 0. The van der Waals surface area contributed by atoms with Crippen molar-refractivity contribution in [3.05, 3.63) is 0 Å². The Morgan fingerprint density at radius 1 is 1.07 bits per heavy atom. The summed E-state index contributed by atoms with van der Waals surface area (Å²) in [6.45, 7) is 2.96. The molecule has 5 nitrogen and oxygen atoms in total. The Morgan fingerprint density at radius 2 is 1.36 bits per heavy atom. The maximum Gasteiger partial charge on any atom is 0.321 e. The molecule has 0 aromatic carbocycles. The Labute approximate surface area is 100.0 Å². The van der Waals surface area contributed by atoms with Crippen molar-refractivity contribution < 1.29 is 23.8 Å². The van der Waals surface area contributed by atoms with Gasteiger partial charge < -0.3 is 10.2 Å². The third kappa shape index (κ3) is 6.50. The average Bonchev–Trinajstić information content (AvgIpc) is 2.03. The van der Waals surface area contributed by atoms with Crippen molar-refractivity contribution in [2.45, 2.75) is 36.1 Å². The number of aliphatic hydroxyl groups is 2. The summed E-state index contributed by atoms with van der Waals surface area (Å²) in [6.07, 6.45) is -1.60. The number of halogens is 2. The van der Waals surface area contributed by atoms with Crippen LogP contribution in [0.1, 0.15) is 13.8 Å². The summed E-state index contributed by atoms with van der Waals surface area (Å²) in [5, 5.41) is 16.5. The van der Waals surface area contributed by atoms with E-state index in [9.17, 15) is 4.57 Å². The first-order valence-electron chi connectivity index (χ1n) is 3.86. The van der Waals surface area contributed by atoms with Gasteiger partial charge in [0.2, 0.25) is 0 Å². The van der Waals surface area contributed by atoms with Gasteiger partial charge >= 0.3 is 8.25 Å². The lowest BCUT2D eigenvalue weighted by atomic mass is 10.5.